The number of hydrogen-bond donors (Lipinski definition) is 3. The van der Waals surface area contributed by atoms with E-state index in [0.717, 1.165) is 50.8 Å². The van der Waals surface area contributed by atoms with Crippen molar-refractivity contribution in [2.24, 2.45) is 17.8 Å². The summed E-state index contributed by atoms with van der Waals surface area (Å²) in [5, 5.41) is 22.3. The van der Waals surface area contributed by atoms with Gasteiger partial charge in [-0.25, -0.2) is 4.39 Å². The number of nitrogens with one attached hydrogen (secondary N) is 1. The first-order valence-corrected chi connectivity index (χ1v) is 11.6. The Hall–Kier alpha value is -1.93. The van der Waals surface area contributed by atoms with E-state index in [-0.39, 0.29) is 30.0 Å². The molecule has 3 atom stereocenters. The molecule has 2 aliphatic carbocycles. The van der Waals surface area contributed by atoms with Crippen LogP contribution in [0.25, 0.3) is 0 Å². The van der Waals surface area contributed by atoms with Crippen LogP contribution in [0.3, 0.4) is 0 Å². The van der Waals surface area contributed by atoms with E-state index in [1.54, 1.807) is 12.1 Å². The summed E-state index contributed by atoms with van der Waals surface area (Å²) < 4.78 is 13.2. The molecule has 6 nitrogen and oxygen atoms in total. The molecular weight excluding hydrogens is 398 g/mol. The molecule has 1 aromatic rings. The molecule has 3 N–H and O–H groups in total. The summed E-state index contributed by atoms with van der Waals surface area (Å²) in [6.07, 6.45) is 7.54. The number of Topliss-reactive ketones (excluding diaryl/α,β-unsaturated/α-hetero) is 1. The van der Waals surface area contributed by atoms with Gasteiger partial charge < -0.3 is 20.3 Å². The van der Waals surface area contributed by atoms with Gasteiger partial charge in [0.1, 0.15) is 5.82 Å². The van der Waals surface area contributed by atoms with E-state index >= 15 is 0 Å². The van der Waals surface area contributed by atoms with Crippen LogP contribution in [0.4, 0.5) is 10.1 Å². The van der Waals surface area contributed by atoms with E-state index in [1.807, 2.05) is 4.90 Å². The third-order valence-electron chi connectivity index (χ3n) is 7.18. The van der Waals surface area contributed by atoms with Crippen molar-refractivity contribution in [1.82, 2.24) is 5.32 Å². The third kappa shape index (κ3) is 5.66. The molecule has 0 aromatic heterocycles. The molecule has 2 saturated carbocycles. The van der Waals surface area contributed by atoms with E-state index in [0.29, 0.717) is 24.7 Å². The average molecular weight is 430 g/mol. The maximum absolute atomic E-state index is 13.2. The monoisotopic (exact) mass is 430 g/mol. The quantitative estimate of drug-likeness (QED) is 0.470. The maximum atomic E-state index is 13.2. The zero-order valence-electron chi connectivity index (χ0n) is 17.9. The summed E-state index contributed by atoms with van der Waals surface area (Å²) in [4.78, 5) is 28.0. The fourth-order valence-electron chi connectivity index (χ4n) is 4.72. The average Bonchev–Trinajstić information content (AvgIpc) is 3.47. The minimum atomic E-state index is -1.59. The van der Waals surface area contributed by atoms with Gasteiger partial charge in [-0.1, -0.05) is 32.1 Å². The number of halogens is 1. The van der Waals surface area contributed by atoms with Crippen LogP contribution >= 0.6 is 0 Å². The Morgan fingerprint density at radius 3 is 2.26 bits per heavy atom. The van der Waals surface area contributed by atoms with Crippen molar-refractivity contribution < 1.29 is 24.0 Å². The van der Waals surface area contributed by atoms with Crippen LogP contribution < -0.4 is 10.2 Å². The lowest BCUT2D eigenvalue weighted by Gasteiger charge is -2.42. The first-order chi connectivity index (χ1) is 14.9. The first-order valence-electron chi connectivity index (χ1n) is 11.6. The molecule has 1 amide bonds. The Morgan fingerprint density at radius 1 is 1.06 bits per heavy atom. The number of ketones is 1. The van der Waals surface area contributed by atoms with Gasteiger partial charge in [-0.15, -0.1) is 0 Å². The predicted molar refractivity (Wildman–Crippen MR) is 117 cm³/mol. The molecular formula is C23H32BFN2O4. The Bertz CT molecular complexity index is 782. The number of nitrogens with zero attached hydrogens (tertiary/aromatic N) is 1. The summed E-state index contributed by atoms with van der Waals surface area (Å²) in [6.45, 7) is 0.738. The van der Waals surface area contributed by atoms with Gasteiger partial charge in [0, 0.05) is 24.6 Å². The minimum Gasteiger partial charge on any atom is -0.426 e. The molecule has 0 radical (unpaired) electrons. The molecule has 0 unspecified atom stereocenters. The molecule has 0 spiro atoms. The first kappa shape index (κ1) is 22.3. The van der Waals surface area contributed by atoms with Crippen molar-refractivity contribution in [1.29, 1.82) is 0 Å². The summed E-state index contributed by atoms with van der Waals surface area (Å²) in [5.41, 5.74) is 0.818. The highest BCUT2D eigenvalue weighted by atomic mass is 19.1. The summed E-state index contributed by atoms with van der Waals surface area (Å²) in [5.74, 6) is -0.762. The SMILES string of the molecule is O=C(N[C@H](CC1CCC1)B(O)O)[C@@H](CC(=O)[C@@H]1CCN1c1ccc(F)cc1)CC1CC1. The largest absolute Gasteiger partial charge is 0.475 e. The second-order valence-corrected chi connectivity index (χ2v) is 9.58. The van der Waals surface area contributed by atoms with Crippen LogP contribution in [-0.2, 0) is 9.59 Å². The van der Waals surface area contributed by atoms with E-state index in [1.165, 1.54) is 12.1 Å². The fraction of sp³-hybridized carbons (Fsp3) is 0.652. The van der Waals surface area contributed by atoms with Gasteiger partial charge in [-0.2, -0.15) is 0 Å². The maximum Gasteiger partial charge on any atom is 0.475 e. The summed E-state index contributed by atoms with van der Waals surface area (Å²) in [7, 11) is -1.59. The van der Waals surface area contributed by atoms with E-state index < -0.39 is 19.0 Å². The van der Waals surface area contributed by atoms with Gasteiger partial charge >= 0.3 is 7.12 Å². The number of rotatable bonds is 11. The normalized spacial score (nSPS) is 22.8. The fourth-order valence-corrected chi connectivity index (χ4v) is 4.72. The van der Waals surface area contributed by atoms with Crippen molar-refractivity contribution >= 4 is 24.5 Å². The van der Waals surface area contributed by atoms with Crippen molar-refractivity contribution in [2.75, 3.05) is 11.4 Å². The second kappa shape index (κ2) is 9.69. The van der Waals surface area contributed by atoms with E-state index in [9.17, 15) is 24.0 Å². The molecule has 1 saturated heterocycles. The highest BCUT2D eigenvalue weighted by Crippen LogP contribution is 2.37. The predicted octanol–water partition coefficient (Wildman–Crippen LogP) is 2.47. The van der Waals surface area contributed by atoms with Crippen LogP contribution in [0, 0.1) is 23.6 Å². The molecule has 1 aliphatic heterocycles. The van der Waals surface area contributed by atoms with Gasteiger partial charge in [0.15, 0.2) is 5.78 Å². The number of carbonyl (C=O) groups excluding carboxylic acids is 2. The highest BCUT2D eigenvalue weighted by molar-refractivity contribution is 6.43. The van der Waals surface area contributed by atoms with Gasteiger partial charge in [0.05, 0.1) is 12.0 Å². The van der Waals surface area contributed by atoms with Gasteiger partial charge in [-0.3, -0.25) is 9.59 Å². The van der Waals surface area contributed by atoms with Crippen molar-refractivity contribution in [3.05, 3.63) is 30.1 Å². The van der Waals surface area contributed by atoms with E-state index in [2.05, 4.69) is 5.32 Å². The minimum absolute atomic E-state index is 0.0245. The Balaban J connectivity index is 1.37. The van der Waals surface area contributed by atoms with Crippen LogP contribution in [0.15, 0.2) is 24.3 Å². The highest BCUT2D eigenvalue weighted by Gasteiger charge is 2.39. The number of hydrogen-bond acceptors (Lipinski definition) is 5. The number of carbonyl (C=O) groups is 2. The molecule has 3 aliphatic rings. The van der Waals surface area contributed by atoms with Crippen molar-refractivity contribution in [2.45, 2.75) is 69.8 Å². The topological polar surface area (TPSA) is 89.9 Å². The lowest BCUT2D eigenvalue weighted by atomic mass is 9.69. The summed E-state index contributed by atoms with van der Waals surface area (Å²) >= 11 is 0. The van der Waals surface area contributed by atoms with Crippen molar-refractivity contribution in [3.8, 4) is 0 Å². The molecule has 0 bridgehead atoms. The molecule has 1 heterocycles. The Kier molecular flexibility index (Phi) is 6.97. The van der Waals surface area contributed by atoms with Crippen LogP contribution in [0.2, 0.25) is 0 Å². The van der Waals surface area contributed by atoms with Crippen molar-refractivity contribution in [3.63, 3.8) is 0 Å². The van der Waals surface area contributed by atoms with Gasteiger partial charge in [-0.05, 0) is 55.4 Å². The lowest BCUT2D eigenvalue weighted by Crippen LogP contribution is -2.54. The van der Waals surface area contributed by atoms with Gasteiger partial charge in [0.2, 0.25) is 5.91 Å². The molecule has 31 heavy (non-hydrogen) atoms. The summed E-state index contributed by atoms with van der Waals surface area (Å²) in [6, 6.07) is 5.85. The number of anilines is 1. The van der Waals surface area contributed by atoms with Crippen LogP contribution in [-0.4, -0.2) is 47.4 Å². The Morgan fingerprint density at radius 2 is 1.74 bits per heavy atom. The Labute approximate surface area is 183 Å². The number of benzene rings is 1. The second-order valence-electron chi connectivity index (χ2n) is 9.58. The van der Waals surface area contributed by atoms with Crippen LogP contribution in [0.1, 0.15) is 57.8 Å². The lowest BCUT2D eigenvalue weighted by molar-refractivity contribution is -0.131. The number of amides is 1. The molecule has 1 aromatic carbocycles. The molecule has 3 fully saturated rings. The third-order valence-corrected chi connectivity index (χ3v) is 7.18. The zero-order chi connectivity index (χ0) is 22.0. The van der Waals surface area contributed by atoms with E-state index in [4.69, 9.17) is 0 Å². The zero-order valence-corrected chi connectivity index (χ0v) is 17.9. The van der Waals surface area contributed by atoms with Gasteiger partial charge in [0.25, 0.3) is 0 Å². The van der Waals surface area contributed by atoms with Crippen LogP contribution in [0.5, 0.6) is 0 Å². The molecule has 8 heteroatoms. The molecule has 168 valence electrons. The smallest absolute Gasteiger partial charge is 0.426 e. The molecule has 4 rings (SSSR count). The standard InChI is InChI=1S/C23H32BFN2O4/c25-18-6-8-19(9-7-18)27-11-10-20(27)21(28)14-17(12-16-4-5-16)23(29)26-22(24(30)31)13-15-2-1-3-15/h6-9,15-17,20,22,30-31H,1-5,10-14H2,(H,26,29)/t17-,20+,22-/m1/s1.